The fraction of sp³-hybridized carbons (Fsp3) is 0.0833. The van der Waals surface area contributed by atoms with Gasteiger partial charge in [0.25, 0.3) is 5.88 Å². The summed E-state index contributed by atoms with van der Waals surface area (Å²) in [7, 11) is 0. The third-order valence-electron chi connectivity index (χ3n) is 2.32. The summed E-state index contributed by atoms with van der Waals surface area (Å²) in [6, 6.07) is 3.85. The highest BCUT2D eigenvalue weighted by Gasteiger charge is 2.13. The summed E-state index contributed by atoms with van der Waals surface area (Å²) in [5.41, 5.74) is 0.153. The van der Waals surface area contributed by atoms with Crippen molar-refractivity contribution in [2.24, 2.45) is 0 Å². The molecule has 2 aromatic rings. The molecule has 98 valence electrons. The van der Waals surface area contributed by atoms with E-state index in [0.717, 1.165) is 6.33 Å². The van der Waals surface area contributed by atoms with E-state index >= 15 is 0 Å². The Hall–Kier alpha value is -2.21. The average Bonchev–Trinajstić information content (AvgIpc) is 2.37. The monoisotopic (exact) mass is 282 g/mol. The Bertz CT molecular complexity index is 649. The van der Waals surface area contributed by atoms with Gasteiger partial charge in [0.05, 0.1) is 16.3 Å². The first kappa shape index (κ1) is 13.2. The molecule has 1 heterocycles. The molecular weight excluding hydrogens is 275 g/mol. The van der Waals surface area contributed by atoms with Crippen molar-refractivity contribution in [2.75, 3.05) is 0 Å². The van der Waals surface area contributed by atoms with Gasteiger partial charge in [-0.3, -0.25) is 0 Å². The number of hydrogen-bond acceptors (Lipinski definition) is 4. The van der Waals surface area contributed by atoms with Crippen LogP contribution in [0.15, 0.2) is 24.5 Å². The number of nitrogens with zero attached hydrogens (tertiary/aromatic N) is 2. The second kappa shape index (κ2) is 5.19. The molecular formula is C12H8ClFN2O3. The highest BCUT2D eigenvalue weighted by molar-refractivity contribution is 6.32. The van der Waals surface area contributed by atoms with E-state index in [9.17, 15) is 9.18 Å². The summed E-state index contributed by atoms with van der Waals surface area (Å²) in [6.07, 6.45) is 1.16. The van der Waals surface area contributed by atoms with Crippen molar-refractivity contribution in [2.45, 2.75) is 6.92 Å². The number of rotatable bonds is 3. The maximum atomic E-state index is 13.6. The van der Waals surface area contributed by atoms with Crippen molar-refractivity contribution in [3.8, 4) is 11.6 Å². The van der Waals surface area contributed by atoms with Crippen LogP contribution >= 0.6 is 11.6 Å². The number of aromatic carboxylic acids is 1. The molecule has 0 unspecified atom stereocenters. The van der Waals surface area contributed by atoms with Crippen LogP contribution in [-0.4, -0.2) is 21.0 Å². The van der Waals surface area contributed by atoms with Crippen LogP contribution in [0.2, 0.25) is 5.02 Å². The van der Waals surface area contributed by atoms with Crippen molar-refractivity contribution >= 4 is 17.6 Å². The largest absolute Gasteiger partial charge is 0.478 e. The third-order valence-corrected chi connectivity index (χ3v) is 2.61. The zero-order valence-corrected chi connectivity index (χ0v) is 10.5. The Labute approximate surface area is 112 Å². The maximum Gasteiger partial charge on any atom is 0.335 e. The van der Waals surface area contributed by atoms with Crippen LogP contribution in [0.25, 0.3) is 0 Å². The van der Waals surface area contributed by atoms with Crippen molar-refractivity contribution in [1.29, 1.82) is 0 Å². The normalized spacial score (nSPS) is 10.3. The first-order valence-corrected chi connectivity index (χ1v) is 5.54. The Balaban J connectivity index is 2.34. The Kier molecular flexibility index (Phi) is 3.62. The molecule has 0 amide bonds. The van der Waals surface area contributed by atoms with E-state index in [1.54, 1.807) is 0 Å². The summed E-state index contributed by atoms with van der Waals surface area (Å²) < 4.78 is 18.8. The smallest absolute Gasteiger partial charge is 0.335 e. The molecule has 0 saturated heterocycles. The number of carbonyl (C=O) groups is 1. The van der Waals surface area contributed by atoms with Gasteiger partial charge < -0.3 is 9.84 Å². The number of carboxylic acids is 1. The summed E-state index contributed by atoms with van der Waals surface area (Å²) in [5, 5.41) is 8.84. The molecule has 19 heavy (non-hydrogen) atoms. The summed E-state index contributed by atoms with van der Waals surface area (Å²) in [5.74, 6) is -1.96. The van der Waals surface area contributed by atoms with Crippen molar-refractivity contribution < 1.29 is 19.0 Å². The lowest BCUT2D eigenvalue weighted by molar-refractivity contribution is 0.0697. The molecule has 0 bridgehead atoms. The predicted molar refractivity (Wildman–Crippen MR) is 65.2 cm³/mol. The van der Waals surface area contributed by atoms with Crippen molar-refractivity contribution in [3.05, 3.63) is 46.6 Å². The van der Waals surface area contributed by atoms with Gasteiger partial charge in [-0.1, -0.05) is 11.6 Å². The Morgan fingerprint density at radius 3 is 2.79 bits per heavy atom. The van der Waals surface area contributed by atoms with Crippen molar-refractivity contribution in [1.82, 2.24) is 9.97 Å². The van der Waals surface area contributed by atoms with Gasteiger partial charge in [0.2, 0.25) is 5.82 Å². The molecule has 0 aliphatic heterocycles. The molecule has 0 aliphatic rings. The third kappa shape index (κ3) is 2.79. The highest BCUT2D eigenvalue weighted by Crippen LogP contribution is 2.30. The van der Waals surface area contributed by atoms with E-state index in [4.69, 9.17) is 21.4 Å². The lowest BCUT2D eigenvalue weighted by Gasteiger charge is -2.08. The Morgan fingerprint density at radius 1 is 1.42 bits per heavy atom. The van der Waals surface area contributed by atoms with E-state index in [-0.39, 0.29) is 27.9 Å². The first-order valence-electron chi connectivity index (χ1n) is 5.17. The van der Waals surface area contributed by atoms with Crippen molar-refractivity contribution in [3.63, 3.8) is 0 Å². The second-order valence-corrected chi connectivity index (χ2v) is 4.04. The van der Waals surface area contributed by atoms with Gasteiger partial charge in [-0.2, -0.15) is 9.37 Å². The van der Waals surface area contributed by atoms with E-state index in [1.165, 1.54) is 25.1 Å². The molecule has 0 saturated carbocycles. The van der Waals surface area contributed by atoms with Gasteiger partial charge in [0, 0.05) is 0 Å². The number of hydrogen-bond donors (Lipinski definition) is 1. The molecule has 0 aliphatic carbocycles. The standard InChI is InChI=1S/C12H8ClFN2O3/c1-6-10(14)11(16-5-15-6)19-9-3-2-7(12(17)18)4-8(9)13/h2-5H,1H3,(H,17,18). The van der Waals surface area contributed by atoms with E-state index in [0.29, 0.717) is 0 Å². The van der Waals surface area contributed by atoms with E-state index in [1.807, 2.05) is 0 Å². The molecule has 0 spiro atoms. The zero-order chi connectivity index (χ0) is 14.0. The predicted octanol–water partition coefficient (Wildman–Crippen LogP) is 3.07. The quantitative estimate of drug-likeness (QED) is 0.936. The fourth-order valence-electron chi connectivity index (χ4n) is 1.33. The molecule has 7 heteroatoms. The van der Waals surface area contributed by atoms with Gasteiger partial charge in [0.1, 0.15) is 12.1 Å². The van der Waals surface area contributed by atoms with Gasteiger partial charge >= 0.3 is 5.97 Å². The molecule has 0 radical (unpaired) electrons. The molecule has 5 nitrogen and oxygen atoms in total. The lowest BCUT2D eigenvalue weighted by Crippen LogP contribution is -1.99. The molecule has 1 aromatic carbocycles. The highest BCUT2D eigenvalue weighted by atomic mass is 35.5. The van der Waals surface area contributed by atoms with Gasteiger partial charge in [-0.25, -0.2) is 9.78 Å². The molecule has 2 rings (SSSR count). The van der Waals surface area contributed by atoms with Gasteiger partial charge in [0.15, 0.2) is 0 Å². The molecule has 1 aromatic heterocycles. The Morgan fingerprint density at radius 2 is 2.16 bits per heavy atom. The number of carboxylic acid groups (broad SMARTS) is 1. The number of halogens is 2. The summed E-state index contributed by atoms with van der Waals surface area (Å²) in [6.45, 7) is 1.47. The summed E-state index contributed by atoms with van der Waals surface area (Å²) >= 11 is 5.86. The van der Waals surface area contributed by atoms with Crippen LogP contribution in [0.3, 0.4) is 0 Å². The summed E-state index contributed by atoms with van der Waals surface area (Å²) in [4.78, 5) is 18.1. The van der Waals surface area contributed by atoms with E-state index in [2.05, 4.69) is 9.97 Å². The molecule has 0 fully saturated rings. The lowest BCUT2D eigenvalue weighted by atomic mass is 10.2. The number of aryl methyl sites for hydroxylation is 1. The molecule has 1 N–H and O–H groups in total. The first-order chi connectivity index (χ1) is 8.99. The second-order valence-electron chi connectivity index (χ2n) is 3.63. The SMILES string of the molecule is Cc1ncnc(Oc2ccc(C(=O)O)cc2Cl)c1F. The van der Waals surface area contributed by atoms with Gasteiger partial charge in [-0.15, -0.1) is 0 Å². The minimum Gasteiger partial charge on any atom is -0.478 e. The van der Waals surface area contributed by atoms with Crippen LogP contribution in [0.5, 0.6) is 11.6 Å². The van der Waals surface area contributed by atoms with Crippen LogP contribution in [0.1, 0.15) is 16.1 Å². The minimum absolute atomic E-state index is 0.0108. The maximum absolute atomic E-state index is 13.6. The fourth-order valence-corrected chi connectivity index (χ4v) is 1.55. The zero-order valence-electron chi connectivity index (χ0n) is 9.72. The minimum atomic E-state index is -1.11. The van der Waals surface area contributed by atoms with Crippen LogP contribution in [0.4, 0.5) is 4.39 Å². The van der Waals surface area contributed by atoms with Crippen LogP contribution in [-0.2, 0) is 0 Å². The number of aromatic nitrogens is 2. The molecule has 0 atom stereocenters. The number of ether oxygens (including phenoxy) is 1. The number of benzene rings is 1. The van der Waals surface area contributed by atoms with Gasteiger partial charge in [-0.05, 0) is 25.1 Å². The van der Waals surface area contributed by atoms with Crippen LogP contribution < -0.4 is 4.74 Å². The van der Waals surface area contributed by atoms with Crippen LogP contribution in [0, 0.1) is 12.7 Å². The topological polar surface area (TPSA) is 72.3 Å². The average molecular weight is 283 g/mol. The van der Waals surface area contributed by atoms with E-state index < -0.39 is 11.8 Å².